The Morgan fingerprint density at radius 2 is 2.13 bits per heavy atom. The molecule has 0 aliphatic heterocycles. The van der Waals surface area contributed by atoms with Gasteiger partial charge in [-0.15, -0.1) is 0 Å². The summed E-state index contributed by atoms with van der Waals surface area (Å²) >= 11 is 8.80. The largest absolute Gasteiger partial charge is 0.482 e. The van der Waals surface area contributed by atoms with Crippen LogP contribution in [0.15, 0.2) is 21.1 Å². The molecule has 2 N–H and O–H groups in total. The molecule has 0 bridgehead atoms. The Labute approximate surface area is 117 Å². The second kappa shape index (κ2) is 6.02. The fraction of sp³-hybridized carbons (Fsp3) is 0.125. The average molecular weight is 451 g/mol. The fourth-order valence-electron chi connectivity index (χ4n) is 0.790. The Morgan fingerprint density at radius 3 is 2.73 bits per heavy atom. The molecule has 0 radical (unpaired) electrons. The molecule has 1 aromatic carbocycles. The van der Waals surface area contributed by atoms with Crippen molar-refractivity contribution >= 4 is 60.4 Å². The molecule has 0 heterocycles. The van der Waals surface area contributed by atoms with Gasteiger partial charge in [-0.1, -0.05) is 0 Å². The molecule has 1 amide bonds. The summed E-state index contributed by atoms with van der Waals surface area (Å²) in [5.74, 6) is -0.0500. The summed E-state index contributed by atoms with van der Waals surface area (Å²) in [6, 6.07) is 3.60. The van der Waals surface area contributed by atoms with Crippen LogP contribution in [0.3, 0.4) is 0 Å². The Balaban J connectivity index is 2.77. The molecule has 0 aromatic heterocycles. The van der Waals surface area contributed by atoms with E-state index in [1.165, 1.54) is 5.48 Å². The Hall–Kier alpha value is 0.140. The van der Waals surface area contributed by atoms with Gasteiger partial charge in [0.2, 0.25) is 0 Å². The van der Waals surface area contributed by atoms with Crippen LogP contribution in [0.5, 0.6) is 5.75 Å². The molecule has 0 aliphatic rings. The SMILES string of the molecule is O=C(COc1cc(I)c(Br)cc1Br)NO. The molecule has 0 atom stereocenters. The summed E-state index contributed by atoms with van der Waals surface area (Å²) in [4.78, 5) is 10.7. The van der Waals surface area contributed by atoms with Crippen LogP contribution in [-0.4, -0.2) is 17.7 Å². The molecular weight excluding hydrogens is 445 g/mol. The molecule has 0 aliphatic carbocycles. The summed E-state index contributed by atoms with van der Waals surface area (Å²) in [5.41, 5.74) is 1.49. The molecule has 7 heteroatoms. The van der Waals surface area contributed by atoms with Crippen LogP contribution in [0.2, 0.25) is 0 Å². The molecule has 0 unspecified atom stereocenters. The van der Waals surface area contributed by atoms with Crippen LogP contribution < -0.4 is 10.2 Å². The van der Waals surface area contributed by atoms with Crippen LogP contribution in [-0.2, 0) is 4.79 Å². The monoisotopic (exact) mass is 449 g/mol. The lowest BCUT2D eigenvalue weighted by Crippen LogP contribution is -2.25. The summed E-state index contributed by atoms with van der Waals surface area (Å²) in [7, 11) is 0. The first-order chi connectivity index (χ1) is 7.04. The standard InChI is InChI=1S/C8H6Br2INO3/c9-4-1-5(10)7(2-6(4)11)15-3-8(13)12-14/h1-2,14H,3H2,(H,12,13). The zero-order chi connectivity index (χ0) is 11.4. The van der Waals surface area contributed by atoms with Crippen molar-refractivity contribution in [2.24, 2.45) is 0 Å². The summed E-state index contributed by atoms with van der Waals surface area (Å²) in [6.45, 7) is -0.229. The van der Waals surface area contributed by atoms with Gasteiger partial charge in [-0.3, -0.25) is 10.0 Å². The number of benzene rings is 1. The van der Waals surface area contributed by atoms with Crippen molar-refractivity contribution in [3.63, 3.8) is 0 Å². The molecule has 0 fully saturated rings. The third-order valence-corrected chi connectivity index (χ3v) is 4.37. The number of hydroxylamine groups is 1. The van der Waals surface area contributed by atoms with Crippen LogP contribution >= 0.6 is 54.5 Å². The van der Waals surface area contributed by atoms with E-state index < -0.39 is 5.91 Å². The number of hydrogen-bond acceptors (Lipinski definition) is 3. The maximum absolute atomic E-state index is 10.7. The van der Waals surface area contributed by atoms with Gasteiger partial charge in [-0.05, 0) is 66.6 Å². The quantitative estimate of drug-likeness (QED) is 0.322. The van der Waals surface area contributed by atoms with Crippen molar-refractivity contribution in [1.82, 2.24) is 5.48 Å². The lowest BCUT2D eigenvalue weighted by Gasteiger charge is -2.08. The fourth-order valence-corrected chi connectivity index (χ4v) is 2.34. The zero-order valence-corrected chi connectivity index (χ0v) is 12.6. The van der Waals surface area contributed by atoms with E-state index in [9.17, 15) is 4.79 Å². The number of ether oxygens (including phenoxy) is 1. The Bertz CT molecular complexity index is 386. The third kappa shape index (κ3) is 3.89. The first-order valence-corrected chi connectivity index (χ1v) is 6.41. The van der Waals surface area contributed by atoms with Gasteiger partial charge in [-0.25, -0.2) is 5.48 Å². The molecule has 4 nitrogen and oxygen atoms in total. The number of hydrogen-bond donors (Lipinski definition) is 2. The first-order valence-electron chi connectivity index (χ1n) is 3.75. The predicted molar refractivity (Wildman–Crippen MR) is 70.0 cm³/mol. The Kier molecular flexibility index (Phi) is 5.30. The number of carbonyl (C=O) groups excluding carboxylic acids is 1. The van der Waals surface area contributed by atoms with E-state index in [1.54, 1.807) is 6.07 Å². The van der Waals surface area contributed by atoms with E-state index in [2.05, 4.69) is 54.5 Å². The van der Waals surface area contributed by atoms with Crippen molar-refractivity contribution in [3.8, 4) is 5.75 Å². The van der Waals surface area contributed by atoms with Crippen LogP contribution in [0.25, 0.3) is 0 Å². The lowest BCUT2D eigenvalue weighted by molar-refractivity contribution is -0.131. The second-order valence-corrected chi connectivity index (χ2v) is 5.39. The van der Waals surface area contributed by atoms with Gasteiger partial charge < -0.3 is 4.74 Å². The van der Waals surface area contributed by atoms with Crippen molar-refractivity contribution in [1.29, 1.82) is 0 Å². The molecule has 0 saturated carbocycles. The van der Waals surface area contributed by atoms with E-state index in [0.29, 0.717) is 5.75 Å². The van der Waals surface area contributed by atoms with Crippen molar-refractivity contribution in [3.05, 3.63) is 24.6 Å². The van der Waals surface area contributed by atoms with Gasteiger partial charge in [0.1, 0.15) is 5.75 Å². The van der Waals surface area contributed by atoms with E-state index in [0.717, 1.165) is 12.5 Å². The zero-order valence-electron chi connectivity index (χ0n) is 7.26. The second-order valence-electron chi connectivity index (χ2n) is 2.52. The van der Waals surface area contributed by atoms with Gasteiger partial charge in [0.15, 0.2) is 6.61 Å². The highest BCUT2D eigenvalue weighted by molar-refractivity contribution is 14.1. The average Bonchev–Trinajstić information content (AvgIpc) is 2.21. The number of rotatable bonds is 3. The van der Waals surface area contributed by atoms with Gasteiger partial charge >= 0.3 is 0 Å². The molecule has 0 spiro atoms. The maximum atomic E-state index is 10.7. The minimum atomic E-state index is -0.597. The highest BCUT2D eigenvalue weighted by Crippen LogP contribution is 2.32. The van der Waals surface area contributed by atoms with Crippen LogP contribution in [0.1, 0.15) is 0 Å². The minimum absolute atomic E-state index is 0.229. The van der Waals surface area contributed by atoms with Gasteiger partial charge in [0.25, 0.3) is 5.91 Å². The van der Waals surface area contributed by atoms with Crippen molar-refractivity contribution in [2.75, 3.05) is 6.61 Å². The predicted octanol–water partition coefficient (Wildman–Crippen LogP) is 2.70. The van der Waals surface area contributed by atoms with E-state index in [-0.39, 0.29) is 6.61 Å². The van der Waals surface area contributed by atoms with Crippen LogP contribution in [0.4, 0.5) is 0 Å². The topological polar surface area (TPSA) is 58.6 Å². The first kappa shape index (κ1) is 13.2. The van der Waals surface area contributed by atoms with Gasteiger partial charge in [0.05, 0.1) is 4.47 Å². The number of amides is 1. The third-order valence-electron chi connectivity index (χ3n) is 1.46. The highest BCUT2D eigenvalue weighted by atomic mass is 127. The van der Waals surface area contributed by atoms with Crippen molar-refractivity contribution < 1.29 is 14.7 Å². The summed E-state index contributed by atoms with van der Waals surface area (Å²) in [5, 5.41) is 8.28. The minimum Gasteiger partial charge on any atom is -0.482 e. The molecular formula is C8H6Br2INO3. The van der Waals surface area contributed by atoms with E-state index >= 15 is 0 Å². The van der Waals surface area contributed by atoms with E-state index in [1.807, 2.05) is 6.07 Å². The highest BCUT2D eigenvalue weighted by Gasteiger charge is 2.07. The van der Waals surface area contributed by atoms with E-state index in [4.69, 9.17) is 9.94 Å². The molecule has 15 heavy (non-hydrogen) atoms. The molecule has 1 rings (SSSR count). The Morgan fingerprint density at radius 1 is 1.47 bits per heavy atom. The smallest absolute Gasteiger partial charge is 0.281 e. The normalized spacial score (nSPS) is 9.87. The molecule has 0 saturated heterocycles. The number of carbonyl (C=O) groups is 1. The van der Waals surface area contributed by atoms with Gasteiger partial charge in [0, 0.05) is 8.04 Å². The summed E-state index contributed by atoms with van der Waals surface area (Å²) in [6.07, 6.45) is 0. The van der Waals surface area contributed by atoms with Gasteiger partial charge in [-0.2, -0.15) is 0 Å². The number of halogens is 3. The molecule has 1 aromatic rings. The van der Waals surface area contributed by atoms with Crippen molar-refractivity contribution in [2.45, 2.75) is 0 Å². The maximum Gasteiger partial charge on any atom is 0.281 e. The lowest BCUT2D eigenvalue weighted by atomic mass is 10.3. The molecule has 82 valence electrons. The number of nitrogens with one attached hydrogen (secondary N) is 1. The summed E-state index contributed by atoms with van der Waals surface area (Å²) < 4.78 is 7.82. The van der Waals surface area contributed by atoms with Crippen LogP contribution in [0, 0.1) is 3.57 Å².